The summed E-state index contributed by atoms with van der Waals surface area (Å²) in [4.78, 5) is 28.6. The molecule has 0 bridgehead atoms. The van der Waals surface area contributed by atoms with Gasteiger partial charge in [0, 0.05) is 50.7 Å². The zero-order valence-corrected chi connectivity index (χ0v) is 22.3. The van der Waals surface area contributed by atoms with E-state index in [-0.39, 0.29) is 12.2 Å². The van der Waals surface area contributed by atoms with E-state index in [4.69, 9.17) is 9.47 Å². The fraction of sp³-hybridized carbons (Fsp3) is 0.548. The summed E-state index contributed by atoms with van der Waals surface area (Å²) in [5.41, 5.74) is 3.85. The molecule has 2 fully saturated rings. The predicted molar refractivity (Wildman–Crippen MR) is 144 cm³/mol. The number of amides is 2. The van der Waals surface area contributed by atoms with Gasteiger partial charge < -0.3 is 19.3 Å². The fourth-order valence-corrected chi connectivity index (χ4v) is 6.00. The first-order chi connectivity index (χ1) is 18.0. The summed E-state index contributed by atoms with van der Waals surface area (Å²) in [6, 6.07) is 13.9. The Hall–Kier alpha value is -2.86. The van der Waals surface area contributed by atoms with Crippen LogP contribution in [0.1, 0.15) is 73.7 Å². The highest BCUT2D eigenvalue weighted by Gasteiger charge is 2.33. The average molecular weight is 505 g/mol. The molecule has 0 aromatic heterocycles. The molecule has 37 heavy (non-hydrogen) atoms. The predicted octanol–water partition coefficient (Wildman–Crippen LogP) is 5.89. The second-order valence-corrected chi connectivity index (χ2v) is 11.2. The molecule has 2 amide bonds. The van der Waals surface area contributed by atoms with E-state index in [0.29, 0.717) is 30.4 Å². The van der Waals surface area contributed by atoms with Crippen molar-refractivity contribution in [2.45, 2.75) is 70.7 Å². The highest BCUT2D eigenvalue weighted by molar-refractivity contribution is 5.94. The number of likely N-dealkylation sites (tertiary alicyclic amines) is 1. The maximum absolute atomic E-state index is 12.8. The smallest absolute Gasteiger partial charge is 0.253 e. The molecular formula is C31H40N2O4. The molecule has 5 rings (SSSR count). The van der Waals surface area contributed by atoms with Crippen molar-refractivity contribution in [3.05, 3.63) is 53.6 Å². The summed E-state index contributed by atoms with van der Waals surface area (Å²) < 4.78 is 12.4. The Morgan fingerprint density at radius 2 is 1.62 bits per heavy atom. The molecule has 2 aliphatic heterocycles. The third-order valence-electron chi connectivity index (χ3n) is 8.35. The highest BCUT2D eigenvalue weighted by Crippen LogP contribution is 2.35. The Morgan fingerprint density at radius 3 is 2.32 bits per heavy atom. The van der Waals surface area contributed by atoms with Gasteiger partial charge in [-0.25, -0.2) is 0 Å². The second-order valence-electron chi connectivity index (χ2n) is 11.2. The molecule has 2 aromatic carbocycles. The van der Waals surface area contributed by atoms with Crippen LogP contribution in [0.3, 0.4) is 0 Å². The fourth-order valence-electron chi connectivity index (χ4n) is 6.00. The highest BCUT2D eigenvalue weighted by atomic mass is 16.7. The number of ether oxygens (including phenoxy) is 2. The molecule has 2 aromatic rings. The summed E-state index contributed by atoms with van der Waals surface area (Å²) in [7, 11) is 3.52. The molecule has 0 N–H and O–H groups in total. The summed E-state index contributed by atoms with van der Waals surface area (Å²) in [6.07, 6.45) is 10.00. The topological polar surface area (TPSA) is 59.1 Å². The van der Waals surface area contributed by atoms with E-state index >= 15 is 0 Å². The van der Waals surface area contributed by atoms with Gasteiger partial charge in [0.05, 0.1) is 6.61 Å². The number of carbonyl (C=O) groups excluding carboxylic acids is 2. The minimum absolute atomic E-state index is 0.000483. The van der Waals surface area contributed by atoms with E-state index in [2.05, 4.69) is 17.0 Å². The van der Waals surface area contributed by atoms with Gasteiger partial charge in [-0.15, -0.1) is 0 Å². The quantitative estimate of drug-likeness (QED) is 0.492. The van der Waals surface area contributed by atoms with Gasteiger partial charge in [-0.1, -0.05) is 50.3 Å². The molecule has 0 radical (unpaired) electrons. The lowest BCUT2D eigenvalue weighted by Gasteiger charge is -2.38. The monoisotopic (exact) mass is 504 g/mol. The van der Waals surface area contributed by atoms with E-state index in [1.165, 1.54) is 32.1 Å². The Labute approximate surface area is 220 Å². The van der Waals surface area contributed by atoms with Crippen LogP contribution in [0.15, 0.2) is 42.5 Å². The molecule has 1 aliphatic carbocycles. The lowest BCUT2D eigenvalue weighted by molar-refractivity contribution is -0.154. The SMILES string of the molecule is CN(C)C(=O)c1ccc(-c2ccc3c(c2)COC(C2CCN(C(=O)CCC4CCCCC4)CC2)O3)cc1. The van der Waals surface area contributed by atoms with Gasteiger partial charge in [0.2, 0.25) is 12.2 Å². The van der Waals surface area contributed by atoms with Gasteiger partial charge in [0.15, 0.2) is 0 Å². The van der Waals surface area contributed by atoms with Gasteiger partial charge in [0.1, 0.15) is 5.75 Å². The molecule has 0 spiro atoms. The summed E-state index contributed by atoms with van der Waals surface area (Å²) >= 11 is 0. The number of nitrogens with zero attached hydrogens (tertiary/aromatic N) is 2. The van der Waals surface area contributed by atoms with Crippen LogP contribution in [0.2, 0.25) is 0 Å². The lowest BCUT2D eigenvalue weighted by Crippen LogP contribution is -2.44. The normalized spacial score (nSPS) is 20.7. The van der Waals surface area contributed by atoms with Gasteiger partial charge in [-0.2, -0.15) is 0 Å². The van der Waals surface area contributed by atoms with Crippen LogP contribution in [-0.4, -0.2) is 55.1 Å². The molecule has 6 nitrogen and oxygen atoms in total. The molecule has 1 unspecified atom stereocenters. The molecular weight excluding hydrogens is 464 g/mol. The van der Waals surface area contributed by atoms with Crippen molar-refractivity contribution in [1.82, 2.24) is 9.80 Å². The number of carbonyl (C=O) groups is 2. The van der Waals surface area contributed by atoms with Gasteiger partial charge in [-0.3, -0.25) is 9.59 Å². The molecule has 6 heteroatoms. The van der Waals surface area contributed by atoms with Gasteiger partial charge in [-0.05, 0) is 60.6 Å². The van der Waals surface area contributed by atoms with Crippen molar-refractivity contribution in [2.75, 3.05) is 27.2 Å². The number of benzene rings is 2. The third-order valence-corrected chi connectivity index (χ3v) is 8.35. The van der Waals surface area contributed by atoms with Crippen LogP contribution < -0.4 is 4.74 Å². The van der Waals surface area contributed by atoms with Crippen LogP contribution in [0.25, 0.3) is 11.1 Å². The van der Waals surface area contributed by atoms with E-state index in [1.807, 2.05) is 30.3 Å². The average Bonchev–Trinajstić information content (AvgIpc) is 2.95. The van der Waals surface area contributed by atoms with Gasteiger partial charge >= 0.3 is 0 Å². The molecule has 1 saturated carbocycles. The Bertz CT molecular complexity index is 1080. The zero-order valence-electron chi connectivity index (χ0n) is 22.3. The first-order valence-electron chi connectivity index (χ1n) is 14.0. The van der Waals surface area contributed by atoms with E-state index in [0.717, 1.165) is 60.7 Å². The Kier molecular flexibility index (Phi) is 8.14. The minimum atomic E-state index is -0.255. The summed E-state index contributed by atoms with van der Waals surface area (Å²) in [6.45, 7) is 2.12. The molecule has 198 valence electrons. The van der Waals surface area contributed by atoms with Crippen LogP contribution in [-0.2, 0) is 16.1 Å². The zero-order chi connectivity index (χ0) is 25.8. The van der Waals surface area contributed by atoms with E-state index < -0.39 is 0 Å². The van der Waals surface area contributed by atoms with E-state index in [9.17, 15) is 9.59 Å². The third kappa shape index (κ3) is 6.18. The van der Waals surface area contributed by atoms with Crippen molar-refractivity contribution in [2.24, 2.45) is 11.8 Å². The maximum atomic E-state index is 12.8. The van der Waals surface area contributed by atoms with Crippen LogP contribution in [0.5, 0.6) is 5.75 Å². The minimum Gasteiger partial charge on any atom is -0.464 e. The van der Waals surface area contributed by atoms with Crippen molar-refractivity contribution >= 4 is 11.8 Å². The van der Waals surface area contributed by atoms with Crippen molar-refractivity contribution in [3.63, 3.8) is 0 Å². The second kappa shape index (κ2) is 11.7. The first kappa shape index (κ1) is 25.8. The summed E-state index contributed by atoms with van der Waals surface area (Å²) in [5, 5.41) is 0. The Morgan fingerprint density at radius 1 is 0.919 bits per heavy atom. The Balaban J connectivity index is 1.12. The van der Waals surface area contributed by atoms with Crippen LogP contribution >= 0.6 is 0 Å². The number of fused-ring (bicyclic) bond motifs is 1. The van der Waals surface area contributed by atoms with Crippen LogP contribution in [0.4, 0.5) is 0 Å². The summed E-state index contributed by atoms with van der Waals surface area (Å²) in [5.74, 6) is 2.26. The largest absolute Gasteiger partial charge is 0.464 e. The maximum Gasteiger partial charge on any atom is 0.253 e. The number of hydrogen-bond donors (Lipinski definition) is 0. The number of rotatable bonds is 6. The molecule has 1 saturated heterocycles. The van der Waals surface area contributed by atoms with Gasteiger partial charge in [0.25, 0.3) is 5.91 Å². The van der Waals surface area contributed by atoms with Crippen molar-refractivity contribution in [3.8, 4) is 16.9 Å². The molecule has 2 heterocycles. The lowest BCUT2D eigenvalue weighted by atomic mass is 9.86. The number of piperidine rings is 1. The molecule has 1 atom stereocenters. The first-order valence-corrected chi connectivity index (χ1v) is 14.0. The van der Waals surface area contributed by atoms with Crippen molar-refractivity contribution in [1.29, 1.82) is 0 Å². The molecule has 3 aliphatic rings. The van der Waals surface area contributed by atoms with E-state index in [1.54, 1.807) is 19.0 Å². The van der Waals surface area contributed by atoms with Crippen LogP contribution in [0, 0.1) is 11.8 Å². The standard InChI is InChI=1S/C31H40N2O4/c1-32(2)30(35)24-11-9-23(10-12-24)26-13-14-28-27(20-26)21-36-31(37-28)25-16-18-33(19-17-25)29(34)15-8-22-6-4-3-5-7-22/h9-14,20,22,25,31H,3-8,15-19,21H2,1-2H3. The van der Waals surface area contributed by atoms with Crippen molar-refractivity contribution < 1.29 is 19.1 Å². The number of hydrogen-bond acceptors (Lipinski definition) is 4.